The zero-order chi connectivity index (χ0) is 15.0. The largest absolute Gasteiger partial charge is 0.243 e. The predicted octanol–water partition coefficient (Wildman–Crippen LogP) is 3.89. The monoisotopic (exact) mass is 365 g/mol. The minimum atomic E-state index is -3.41. The lowest BCUT2D eigenvalue weighted by Gasteiger charge is -2.40. The first-order valence-corrected chi connectivity index (χ1v) is 9.06. The SMILES string of the molecule is Cc1ccc(S(=O)(=O)N2CCC2c2cccc(Br)c2)cc1. The minimum Gasteiger partial charge on any atom is -0.207 e. The van der Waals surface area contributed by atoms with Gasteiger partial charge < -0.3 is 0 Å². The average Bonchev–Trinajstić information content (AvgIpc) is 2.37. The molecule has 2 aromatic rings. The number of aryl methyl sites for hydroxylation is 1. The van der Waals surface area contributed by atoms with Crippen LogP contribution in [0.15, 0.2) is 57.9 Å². The molecule has 1 unspecified atom stereocenters. The summed E-state index contributed by atoms with van der Waals surface area (Å²) in [7, 11) is -3.41. The Kier molecular flexibility index (Phi) is 3.90. The average molecular weight is 366 g/mol. The van der Waals surface area contributed by atoms with Gasteiger partial charge in [0.1, 0.15) is 0 Å². The van der Waals surface area contributed by atoms with Crippen LogP contribution in [-0.4, -0.2) is 19.3 Å². The molecule has 2 aromatic carbocycles. The molecule has 0 saturated carbocycles. The molecule has 5 heteroatoms. The molecule has 0 N–H and O–H groups in total. The van der Waals surface area contributed by atoms with Crippen LogP contribution in [0, 0.1) is 6.92 Å². The molecule has 110 valence electrons. The van der Waals surface area contributed by atoms with Gasteiger partial charge in [0.2, 0.25) is 10.0 Å². The summed E-state index contributed by atoms with van der Waals surface area (Å²) in [5.74, 6) is 0. The van der Waals surface area contributed by atoms with Gasteiger partial charge in [0, 0.05) is 11.0 Å². The topological polar surface area (TPSA) is 37.4 Å². The van der Waals surface area contributed by atoms with Crippen LogP contribution in [0.25, 0.3) is 0 Å². The fourth-order valence-electron chi connectivity index (χ4n) is 2.54. The highest BCUT2D eigenvalue weighted by molar-refractivity contribution is 9.10. The molecule has 1 aliphatic rings. The fraction of sp³-hybridized carbons (Fsp3) is 0.250. The second-order valence-corrected chi connectivity index (χ2v) is 8.09. The van der Waals surface area contributed by atoms with Crippen molar-refractivity contribution in [3.8, 4) is 0 Å². The molecule has 1 heterocycles. The number of hydrogen-bond donors (Lipinski definition) is 0. The standard InChI is InChI=1S/C16H16BrNO2S/c1-12-5-7-15(8-6-12)21(19,20)18-10-9-16(18)13-3-2-4-14(17)11-13/h2-8,11,16H,9-10H2,1H3. The Balaban J connectivity index is 1.91. The summed E-state index contributed by atoms with van der Waals surface area (Å²) < 4.78 is 28.0. The van der Waals surface area contributed by atoms with Crippen molar-refractivity contribution >= 4 is 26.0 Å². The molecule has 1 fully saturated rings. The van der Waals surface area contributed by atoms with Crippen molar-refractivity contribution in [1.82, 2.24) is 4.31 Å². The minimum absolute atomic E-state index is 0.0613. The Morgan fingerprint density at radius 1 is 1.14 bits per heavy atom. The van der Waals surface area contributed by atoms with Gasteiger partial charge in [0.25, 0.3) is 0 Å². The van der Waals surface area contributed by atoms with Gasteiger partial charge in [-0.3, -0.25) is 0 Å². The van der Waals surface area contributed by atoms with E-state index < -0.39 is 10.0 Å². The number of halogens is 1. The van der Waals surface area contributed by atoms with Crippen molar-refractivity contribution in [2.45, 2.75) is 24.3 Å². The van der Waals surface area contributed by atoms with E-state index in [0.29, 0.717) is 11.4 Å². The quantitative estimate of drug-likeness (QED) is 0.827. The van der Waals surface area contributed by atoms with Crippen LogP contribution in [-0.2, 0) is 10.0 Å². The third-order valence-electron chi connectivity index (χ3n) is 3.83. The van der Waals surface area contributed by atoms with Crippen molar-refractivity contribution in [1.29, 1.82) is 0 Å². The van der Waals surface area contributed by atoms with Gasteiger partial charge in [-0.2, -0.15) is 4.31 Å². The van der Waals surface area contributed by atoms with Crippen LogP contribution in [0.4, 0.5) is 0 Å². The molecule has 0 aliphatic carbocycles. The van der Waals surface area contributed by atoms with E-state index in [1.165, 1.54) is 0 Å². The fourth-order valence-corrected chi connectivity index (χ4v) is 4.62. The molecule has 0 aromatic heterocycles. The van der Waals surface area contributed by atoms with E-state index in [0.717, 1.165) is 22.0 Å². The Hall–Kier alpha value is -1.17. The van der Waals surface area contributed by atoms with Crippen molar-refractivity contribution < 1.29 is 8.42 Å². The molecule has 0 amide bonds. The summed E-state index contributed by atoms with van der Waals surface area (Å²) in [5, 5.41) is 0. The highest BCUT2D eigenvalue weighted by Gasteiger charge is 2.39. The second kappa shape index (κ2) is 5.55. The first-order chi connectivity index (χ1) is 9.98. The molecule has 0 spiro atoms. The lowest BCUT2D eigenvalue weighted by Crippen LogP contribution is -2.44. The van der Waals surface area contributed by atoms with Crippen LogP contribution in [0.3, 0.4) is 0 Å². The van der Waals surface area contributed by atoms with E-state index in [2.05, 4.69) is 15.9 Å². The van der Waals surface area contributed by atoms with Crippen LogP contribution in [0.2, 0.25) is 0 Å². The number of benzene rings is 2. The summed E-state index contributed by atoms with van der Waals surface area (Å²) in [6.07, 6.45) is 0.863. The maximum atomic E-state index is 12.7. The van der Waals surface area contributed by atoms with Crippen LogP contribution in [0.1, 0.15) is 23.6 Å². The first-order valence-electron chi connectivity index (χ1n) is 6.82. The molecule has 1 aliphatic heterocycles. The Bertz CT molecular complexity index is 756. The van der Waals surface area contributed by atoms with Crippen molar-refractivity contribution in [2.75, 3.05) is 6.54 Å². The third-order valence-corrected chi connectivity index (χ3v) is 6.25. The predicted molar refractivity (Wildman–Crippen MR) is 86.6 cm³/mol. The summed E-state index contributed by atoms with van der Waals surface area (Å²) in [5.41, 5.74) is 2.09. The van der Waals surface area contributed by atoms with Gasteiger partial charge in [-0.25, -0.2) is 8.42 Å². The summed E-state index contributed by atoms with van der Waals surface area (Å²) in [6, 6.07) is 14.8. The van der Waals surface area contributed by atoms with Gasteiger partial charge in [0.15, 0.2) is 0 Å². The van der Waals surface area contributed by atoms with Crippen LogP contribution >= 0.6 is 15.9 Å². The van der Waals surface area contributed by atoms with Crippen molar-refractivity contribution in [3.63, 3.8) is 0 Å². The third kappa shape index (κ3) is 2.78. The van der Waals surface area contributed by atoms with Crippen molar-refractivity contribution in [2.24, 2.45) is 0 Å². The number of nitrogens with zero attached hydrogens (tertiary/aromatic N) is 1. The van der Waals surface area contributed by atoms with Gasteiger partial charge in [-0.15, -0.1) is 0 Å². The summed E-state index contributed by atoms with van der Waals surface area (Å²) in [4.78, 5) is 0.368. The van der Waals surface area contributed by atoms with E-state index in [4.69, 9.17) is 0 Å². The van der Waals surface area contributed by atoms with E-state index >= 15 is 0 Å². The van der Waals surface area contributed by atoms with E-state index in [-0.39, 0.29) is 6.04 Å². The number of hydrogen-bond acceptors (Lipinski definition) is 2. The molecule has 3 nitrogen and oxygen atoms in total. The van der Waals surface area contributed by atoms with Gasteiger partial charge in [-0.1, -0.05) is 45.8 Å². The van der Waals surface area contributed by atoms with Crippen molar-refractivity contribution in [3.05, 3.63) is 64.1 Å². The zero-order valence-corrected chi connectivity index (χ0v) is 14.1. The Morgan fingerprint density at radius 2 is 1.86 bits per heavy atom. The maximum Gasteiger partial charge on any atom is 0.243 e. The lowest BCUT2D eigenvalue weighted by molar-refractivity contribution is 0.202. The lowest BCUT2D eigenvalue weighted by atomic mass is 9.98. The molecule has 1 atom stereocenters. The Labute approximate surface area is 133 Å². The molecule has 1 saturated heterocycles. The summed E-state index contributed by atoms with van der Waals surface area (Å²) >= 11 is 3.44. The highest BCUT2D eigenvalue weighted by Crippen LogP contribution is 2.38. The van der Waals surface area contributed by atoms with Crippen LogP contribution in [0.5, 0.6) is 0 Å². The molecular weight excluding hydrogens is 350 g/mol. The molecule has 0 bridgehead atoms. The van der Waals surface area contributed by atoms with E-state index in [9.17, 15) is 8.42 Å². The van der Waals surface area contributed by atoms with Gasteiger partial charge in [-0.05, 0) is 43.2 Å². The summed E-state index contributed by atoms with van der Waals surface area (Å²) in [6.45, 7) is 2.53. The van der Waals surface area contributed by atoms with E-state index in [1.54, 1.807) is 16.4 Å². The number of rotatable bonds is 3. The molecule has 21 heavy (non-hydrogen) atoms. The smallest absolute Gasteiger partial charge is 0.207 e. The van der Waals surface area contributed by atoms with Gasteiger partial charge >= 0.3 is 0 Å². The first kappa shape index (κ1) is 14.8. The van der Waals surface area contributed by atoms with Crippen LogP contribution < -0.4 is 0 Å². The number of sulfonamides is 1. The zero-order valence-electron chi connectivity index (χ0n) is 11.7. The second-order valence-electron chi connectivity index (χ2n) is 5.29. The maximum absolute atomic E-state index is 12.7. The molecule has 0 radical (unpaired) electrons. The molecular formula is C16H16BrNO2S. The normalized spacial score (nSPS) is 19.2. The molecule has 3 rings (SSSR count). The van der Waals surface area contributed by atoms with Gasteiger partial charge in [0.05, 0.1) is 10.9 Å². The Morgan fingerprint density at radius 3 is 2.43 bits per heavy atom. The van der Waals surface area contributed by atoms with E-state index in [1.807, 2.05) is 43.3 Å². The highest BCUT2D eigenvalue weighted by atomic mass is 79.9.